The fraction of sp³-hybridized carbons (Fsp3) is 0.333. The lowest BCUT2D eigenvalue weighted by molar-refractivity contribution is -0.121. The van der Waals surface area contributed by atoms with E-state index < -0.39 is 0 Å². The van der Waals surface area contributed by atoms with Gasteiger partial charge in [0.2, 0.25) is 5.91 Å². The van der Waals surface area contributed by atoms with E-state index in [2.05, 4.69) is 15.4 Å². The van der Waals surface area contributed by atoms with E-state index in [0.717, 1.165) is 6.54 Å². The molecule has 3 heterocycles. The number of likely N-dealkylation sites (tertiary alicyclic amines) is 1. The van der Waals surface area contributed by atoms with Crippen molar-refractivity contribution >= 4 is 28.8 Å². The van der Waals surface area contributed by atoms with Crippen LogP contribution in [0.3, 0.4) is 0 Å². The van der Waals surface area contributed by atoms with Crippen LogP contribution < -0.4 is 5.32 Å². The van der Waals surface area contributed by atoms with E-state index in [0.29, 0.717) is 47.9 Å². The number of piperidine rings is 1. The summed E-state index contributed by atoms with van der Waals surface area (Å²) in [4.78, 5) is 31.3. The van der Waals surface area contributed by atoms with Gasteiger partial charge in [-0.05, 0) is 31.9 Å². The van der Waals surface area contributed by atoms with Gasteiger partial charge in [-0.3, -0.25) is 14.3 Å². The average Bonchev–Trinajstić information content (AvgIpc) is 3.43. The molecule has 0 bridgehead atoms. The van der Waals surface area contributed by atoms with Crippen molar-refractivity contribution in [3.05, 3.63) is 53.6 Å². The van der Waals surface area contributed by atoms with Crippen molar-refractivity contribution in [2.75, 3.05) is 18.4 Å². The summed E-state index contributed by atoms with van der Waals surface area (Å²) in [5, 5.41) is 9.19. The molecule has 1 aromatic carbocycles. The number of hydrogen-bond acceptors (Lipinski definition) is 5. The second-order valence-corrected chi connectivity index (χ2v) is 8.02. The molecule has 3 aromatic rings. The van der Waals surface area contributed by atoms with Gasteiger partial charge in [0.1, 0.15) is 16.5 Å². The summed E-state index contributed by atoms with van der Waals surface area (Å²) in [6.45, 7) is 3.69. The van der Waals surface area contributed by atoms with Crippen molar-refractivity contribution in [1.29, 1.82) is 0 Å². The average molecular weight is 428 g/mol. The zero-order chi connectivity index (χ0) is 21.1. The van der Waals surface area contributed by atoms with Gasteiger partial charge in [0.15, 0.2) is 0 Å². The lowest BCUT2D eigenvalue weighted by Crippen LogP contribution is -2.41. The van der Waals surface area contributed by atoms with Gasteiger partial charge in [0.25, 0.3) is 5.91 Å². The number of halogens is 1. The first-order chi connectivity index (χ1) is 14.5. The van der Waals surface area contributed by atoms with Gasteiger partial charge in [-0.2, -0.15) is 5.10 Å². The Kier molecular flexibility index (Phi) is 5.89. The SMILES string of the molecule is CCn1cc(NC(=O)C2CCN(C(=O)c3csc(-c4ccccc4F)n3)CC2)cn1. The minimum atomic E-state index is -0.359. The maximum Gasteiger partial charge on any atom is 0.273 e. The standard InChI is InChI=1S/C21H22FN5O2S/c1-2-27-12-15(11-23-27)24-19(28)14-7-9-26(10-8-14)21(29)18-13-30-20(25-18)16-5-3-4-6-17(16)22/h3-6,11-14H,2,7-10H2,1H3,(H,24,28). The number of rotatable bonds is 5. The van der Waals surface area contributed by atoms with Crippen molar-refractivity contribution < 1.29 is 14.0 Å². The molecular formula is C21H22FN5O2S. The highest BCUT2D eigenvalue weighted by molar-refractivity contribution is 7.13. The normalized spacial score (nSPS) is 14.7. The van der Waals surface area contributed by atoms with Crippen LogP contribution in [-0.2, 0) is 11.3 Å². The summed E-state index contributed by atoms with van der Waals surface area (Å²) < 4.78 is 15.7. The summed E-state index contributed by atoms with van der Waals surface area (Å²) in [6.07, 6.45) is 4.61. The number of nitrogens with zero attached hydrogens (tertiary/aromatic N) is 4. The number of carbonyl (C=O) groups is 2. The lowest BCUT2D eigenvalue weighted by Gasteiger charge is -2.30. The highest BCUT2D eigenvalue weighted by Crippen LogP contribution is 2.27. The Morgan fingerprint density at radius 2 is 2.03 bits per heavy atom. The number of aryl methyl sites for hydroxylation is 1. The van der Waals surface area contributed by atoms with Crippen molar-refractivity contribution in [2.45, 2.75) is 26.3 Å². The van der Waals surface area contributed by atoms with Crippen molar-refractivity contribution in [3.8, 4) is 10.6 Å². The van der Waals surface area contributed by atoms with E-state index in [1.807, 2.05) is 6.92 Å². The Bertz CT molecular complexity index is 1060. The summed E-state index contributed by atoms with van der Waals surface area (Å²) in [7, 11) is 0. The van der Waals surface area contributed by atoms with E-state index in [4.69, 9.17) is 0 Å². The van der Waals surface area contributed by atoms with Crippen LogP contribution in [0.5, 0.6) is 0 Å². The van der Waals surface area contributed by atoms with Crippen LogP contribution in [0.1, 0.15) is 30.3 Å². The van der Waals surface area contributed by atoms with E-state index in [-0.39, 0.29) is 23.5 Å². The Balaban J connectivity index is 1.34. The second-order valence-electron chi connectivity index (χ2n) is 7.16. The third-order valence-corrected chi connectivity index (χ3v) is 6.08. The van der Waals surface area contributed by atoms with Crippen LogP contribution in [0.15, 0.2) is 42.0 Å². The molecular weight excluding hydrogens is 405 g/mol. The Hall–Kier alpha value is -3.07. The van der Waals surface area contributed by atoms with Crippen LogP contribution in [-0.4, -0.2) is 44.6 Å². The number of benzene rings is 1. The highest BCUT2D eigenvalue weighted by Gasteiger charge is 2.29. The minimum absolute atomic E-state index is 0.0479. The first-order valence-corrected chi connectivity index (χ1v) is 10.8. The van der Waals surface area contributed by atoms with Crippen LogP contribution in [0.4, 0.5) is 10.1 Å². The molecule has 0 unspecified atom stereocenters. The van der Waals surface area contributed by atoms with Crippen LogP contribution in [0, 0.1) is 11.7 Å². The molecule has 0 aliphatic carbocycles. The number of aromatic nitrogens is 3. The van der Waals surface area contributed by atoms with Gasteiger partial charge < -0.3 is 10.2 Å². The van der Waals surface area contributed by atoms with Gasteiger partial charge in [-0.15, -0.1) is 11.3 Å². The van der Waals surface area contributed by atoms with Gasteiger partial charge in [0.05, 0.1) is 11.9 Å². The molecule has 4 rings (SSSR count). The lowest BCUT2D eigenvalue weighted by atomic mass is 9.95. The van der Waals surface area contributed by atoms with Crippen molar-refractivity contribution in [2.24, 2.45) is 5.92 Å². The molecule has 1 saturated heterocycles. The highest BCUT2D eigenvalue weighted by atomic mass is 32.1. The first-order valence-electron chi connectivity index (χ1n) is 9.88. The van der Waals surface area contributed by atoms with Gasteiger partial charge in [0, 0.05) is 42.7 Å². The monoisotopic (exact) mass is 427 g/mol. The van der Waals surface area contributed by atoms with E-state index in [1.165, 1.54) is 17.4 Å². The summed E-state index contributed by atoms with van der Waals surface area (Å²) >= 11 is 1.25. The van der Waals surface area contributed by atoms with Gasteiger partial charge >= 0.3 is 0 Å². The zero-order valence-corrected chi connectivity index (χ0v) is 17.4. The number of amides is 2. The Morgan fingerprint density at radius 1 is 1.27 bits per heavy atom. The predicted octanol–water partition coefficient (Wildman–Crippen LogP) is 3.66. The molecule has 0 atom stereocenters. The number of hydrogen-bond donors (Lipinski definition) is 1. The van der Waals surface area contributed by atoms with Crippen molar-refractivity contribution in [1.82, 2.24) is 19.7 Å². The Morgan fingerprint density at radius 3 is 2.73 bits per heavy atom. The molecule has 9 heteroatoms. The quantitative estimate of drug-likeness (QED) is 0.674. The van der Waals surface area contributed by atoms with Gasteiger partial charge in [-0.1, -0.05) is 12.1 Å². The first kappa shape index (κ1) is 20.2. The molecule has 2 amide bonds. The second kappa shape index (κ2) is 8.74. The van der Waals surface area contributed by atoms with E-state index in [1.54, 1.807) is 45.6 Å². The maximum absolute atomic E-state index is 14.0. The molecule has 1 N–H and O–H groups in total. The van der Waals surface area contributed by atoms with Crippen LogP contribution >= 0.6 is 11.3 Å². The topological polar surface area (TPSA) is 80.1 Å². The Labute approximate surface area is 177 Å². The molecule has 2 aromatic heterocycles. The minimum Gasteiger partial charge on any atom is -0.337 e. The summed E-state index contributed by atoms with van der Waals surface area (Å²) in [5.74, 6) is -0.740. The predicted molar refractivity (Wildman–Crippen MR) is 113 cm³/mol. The zero-order valence-electron chi connectivity index (χ0n) is 16.5. The molecule has 0 saturated carbocycles. The number of nitrogens with one attached hydrogen (secondary N) is 1. The smallest absolute Gasteiger partial charge is 0.273 e. The largest absolute Gasteiger partial charge is 0.337 e. The summed E-state index contributed by atoms with van der Waals surface area (Å²) in [6, 6.07) is 6.39. The molecule has 1 aliphatic heterocycles. The number of carbonyl (C=O) groups excluding carboxylic acids is 2. The van der Waals surface area contributed by atoms with Gasteiger partial charge in [-0.25, -0.2) is 9.37 Å². The third-order valence-electron chi connectivity index (χ3n) is 5.21. The number of thiazole rings is 1. The molecule has 30 heavy (non-hydrogen) atoms. The number of anilines is 1. The van der Waals surface area contributed by atoms with E-state index in [9.17, 15) is 14.0 Å². The van der Waals surface area contributed by atoms with Crippen LogP contribution in [0.2, 0.25) is 0 Å². The molecule has 0 radical (unpaired) electrons. The maximum atomic E-state index is 14.0. The molecule has 0 spiro atoms. The third kappa shape index (κ3) is 4.25. The van der Waals surface area contributed by atoms with E-state index >= 15 is 0 Å². The van der Waals surface area contributed by atoms with Crippen LogP contribution in [0.25, 0.3) is 10.6 Å². The molecule has 1 fully saturated rings. The van der Waals surface area contributed by atoms with Crippen molar-refractivity contribution in [3.63, 3.8) is 0 Å². The fourth-order valence-electron chi connectivity index (χ4n) is 3.48. The molecule has 156 valence electrons. The molecule has 1 aliphatic rings. The summed E-state index contributed by atoms with van der Waals surface area (Å²) in [5.41, 5.74) is 1.39. The molecule has 7 nitrogen and oxygen atoms in total. The fourth-order valence-corrected chi connectivity index (χ4v) is 4.30.